The molecule has 0 saturated heterocycles. The van der Waals surface area contributed by atoms with Gasteiger partial charge in [0, 0.05) is 39.1 Å². The van der Waals surface area contributed by atoms with Gasteiger partial charge in [0.25, 0.3) is 0 Å². The summed E-state index contributed by atoms with van der Waals surface area (Å²) in [5.41, 5.74) is 0.225. The molecule has 0 spiro atoms. The van der Waals surface area contributed by atoms with Crippen LogP contribution in [0.25, 0.3) is 0 Å². The molecule has 1 aromatic rings. The lowest BCUT2D eigenvalue weighted by Gasteiger charge is -2.17. The molecule has 0 aliphatic heterocycles. The molecule has 8 nitrogen and oxygen atoms in total. The van der Waals surface area contributed by atoms with Gasteiger partial charge in [-0.2, -0.15) is 0 Å². The molecular weight excluding hydrogens is 336 g/mol. The standard InChI is InChI=1S/C15H24N2O6S/c1-11(10-23-3)17-14-6-5-12(9-13(14)15(18)19)24(20,21)16-7-4-8-22-2/h5-6,9,11,16-17H,4,7-8,10H2,1-3H3,(H,18,19)/t11-/m0/s1. The molecule has 0 radical (unpaired) electrons. The number of carboxylic acid groups (broad SMARTS) is 1. The lowest BCUT2D eigenvalue weighted by molar-refractivity contribution is 0.0697. The number of hydrogen-bond donors (Lipinski definition) is 3. The van der Waals surface area contributed by atoms with Gasteiger partial charge in [-0.3, -0.25) is 0 Å². The van der Waals surface area contributed by atoms with Gasteiger partial charge in [-0.15, -0.1) is 0 Å². The molecule has 0 aromatic heterocycles. The highest BCUT2D eigenvalue weighted by Gasteiger charge is 2.19. The zero-order valence-corrected chi connectivity index (χ0v) is 14.9. The second-order valence-corrected chi connectivity index (χ2v) is 7.02. The summed E-state index contributed by atoms with van der Waals surface area (Å²) in [4.78, 5) is 11.3. The van der Waals surface area contributed by atoms with Crippen LogP contribution in [0.5, 0.6) is 0 Å². The molecular formula is C15H24N2O6S. The highest BCUT2D eigenvalue weighted by Crippen LogP contribution is 2.21. The number of sulfonamides is 1. The van der Waals surface area contributed by atoms with Crippen LogP contribution in [0.15, 0.2) is 23.1 Å². The number of rotatable bonds is 11. The Morgan fingerprint density at radius 1 is 1.29 bits per heavy atom. The number of anilines is 1. The van der Waals surface area contributed by atoms with Gasteiger partial charge in [-0.1, -0.05) is 0 Å². The summed E-state index contributed by atoms with van der Waals surface area (Å²) in [6, 6.07) is 3.83. The van der Waals surface area contributed by atoms with Crippen LogP contribution in [0.2, 0.25) is 0 Å². The molecule has 0 heterocycles. The van der Waals surface area contributed by atoms with Crippen molar-refractivity contribution in [1.82, 2.24) is 4.72 Å². The Morgan fingerprint density at radius 2 is 2.00 bits per heavy atom. The molecule has 9 heteroatoms. The molecule has 0 aliphatic carbocycles. The molecule has 0 unspecified atom stereocenters. The van der Waals surface area contributed by atoms with Gasteiger partial charge in [-0.25, -0.2) is 17.9 Å². The number of methoxy groups -OCH3 is 2. The van der Waals surface area contributed by atoms with Crippen molar-refractivity contribution in [2.45, 2.75) is 24.3 Å². The van der Waals surface area contributed by atoms with Crippen molar-refractivity contribution in [3.05, 3.63) is 23.8 Å². The Morgan fingerprint density at radius 3 is 2.58 bits per heavy atom. The van der Waals surface area contributed by atoms with E-state index in [1.54, 1.807) is 7.11 Å². The minimum Gasteiger partial charge on any atom is -0.478 e. The summed E-state index contributed by atoms with van der Waals surface area (Å²) in [7, 11) is -0.699. The van der Waals surface area contributed by atoms with E-state index in [-0.39, 0.29) is 23.0 Å². The van der Waals surface area contributed by atoms with Crippen LogP contribution in [-0.4, -0.2) is 59.5 Å². The van der Waals surface area contributed by atoms with Gasteiger partial charge in [0.05, 0.1) is 17.1 Å². The van der Waals surface area contributed by atoms with Gasteiger partial charge >= 0.3 is 5.97 Å². The predicted octanol–water partition coefficient (Wildman–Crippen LogP) is 1.15. The van der Waals surface area contributed by atoms with Crippen LogP contribution < -0.4 is 10.0 Å². The van der Waals surface area contributed by atoms with Gasteiger partial charge in [0.2, 0.25) is 10.0 Å². The lowest BCUT2D eigenvalue weighted by Crippen LogP contribution is -2.26. The molecule has 3 N–H and O–H groups in total. The lowest BCUT2D eigenvalue weighted by atomic mass is 10.1. The Hall–Kier alpha value is -1.68. The van der Waals surface area contributed by atoms with Gasteiger partial charge < -0.3 is 19.9 Å². The van der Waals surface area contributed by atoms with Crippen molar-refractivity contribution in [3.63, 3.8) is 0 Å². The normalized spacial score (nSPS) is 12.8. The summed E-state index contributed by atoms with van der Waals surface area (Å²) in [6.07, 6.45) is 0.524. The second kappa shape index (κ2) is 9.58. The van der Waals surface area contributed by atoms with E-state index in [0.29, 0.717) is 25.3 Å². The Kier molecular flexibility index (Phi) is 8.13. The minimum absolute atomic E-state index is 0.0951. The number of ether oxygens (including phenoxy) is 2. The maximum atomic E-state index is 12.2. The molecule has 1 aromatic carbocycles. The largest absolute Gasteiger partial charge is 0.478 e. The minimum atomic E-state index is -3.77. The van der Waals surface area contributed by atoms with E-state index in [0.717, 1.165) is 6.07 Å². The summed E-state index contributed by atoms with van der Waals surface area (Å²) in [5, 5.41) is 12.3. The molecule has 0 bridgehead atoms. The van der Waals surface area contributed by atoms with E-state index >= 15 is 0 Å². The molecule has 0 saturated carbocycles. The second-order valence-electron chi connectivity index (χ2n) is 5.26. The summed E-state index contributed by atoms with van der Waals surface area (Å²) >= 11 is 0. The number of carbonyl (C=O) groups is 1. The van der Waals surface area contributed by atoms with E-state index in [9.17, 15) is 18.3 Å². The summed E-state index contributed by atoms with van der Waals surface area (Å²) < 4.78 is 36.7. The monoisotopic (exact) mass is 360 g/mol. The number of carboxylic acids is 1. The third kappa shape index (κ3) is 6.08. The Bertz CT molecular complexity index is 647. The Balaban J connectivity index is 2.98. The fourth-order valence-electron chi connectivity index (χ4n) is 2.06. The van der Waals surface area contributed by atoms with Crippen molar-refractivity contribution in [1.29, 1.82) is 0 Å². The van der Waals surface area contributed by atoms with Crippen LogP contribution in [0.1, 0.15) is 23.7 Å². The van der Waals surface area contributed by atoms with Gasteiger partial charge in [0.1, 0.15) is 0 Å². The topological polar surface area (TPSA) is 114 Å². The highest BCUT2D eigenvalue weighted by molar-refractivity contribution is 7.89. The van der Waals surface area contributed by atoms with E-state index in [2.05, 4.69) is 10.0 Å². The van der Waals surface area contributed by atoms with Gasteiger partial charge in [0.15, 0.2) is 0 Å². The van der Waals surface area contributed by atoms with Crippen molar-refractivity contribution < 1.29 is 27.8 Å². The maximum Gasteiger partial charge on any atom is 0.337 e. The van der Waals surface area contributed by atoms with E-state index in [4.69, 9.17) is 9.47 Å². The molecule has 0 aliphatic rings. The first-order valence-electron chi connectivity index (χ1n) is 7.43. The predicted molar refractivity (Wildman–Crippen MR) is 90.0 cm³/mol. The smallest absolute Gasteiger partial charge is 0.337 e. The van der Waals surface area contributed by atoms with E-state index < -0.39 is 16.0 Å². The zero-order valence-electron chi connectivity index (χ0n) is 14.0. The third-order valence-electron chi connectivity index (χ3n) is 3.17. The third-order valence-corrected chi connectivity index (χ3v) is 4.63. The fourth-order valence-corrected chi connectivity index (χ4v) is 3.16. The first-order valence-corrected chi connectivity index (χ1v) is 8.91. The van der Waals surface area contributed by atoms with Crippen molar-refractivity contribution >= 4 is 21.7 Å². The quantitative estimate of drug-likeness (QED) is 0.507. The first-order chi connectivity index (χ1) is 11.3. The van der Waals surface area contributed by atoms with Gasteiger partial charge in [-0.05, 0) is 31.5 Å². The van der Waals surface area contributed by atoms with Crippen molar-refractivity contribution in [3.8, 4) is 0 Å². The number of nitrogens with one attached hydrogen (secondary N) is 2. The van der Waals surface area contributed by atoms with Crippen LogP contribution >= 0.6 is 0 Å². The molecule has 0 fully saturated rings. The number of hydrogen-bond acceptors (Lipinski definition) is 6. The average Bonchev–Trinajstić information content (AvgIpc) is 2.51. The average molecular weight is 360 g/mol. The Labute approximate surface area is 142 Å². The molecule has 24 heavy (non-hydrogen) atoms. The molecule has 1 rings (SSSR count). The van der Waals surface area contributed by atoms with Crippen LogP contribution in [0.3, 0.4) is 0 Å². The van der Waals surface area contributed by atoms with Crippen LogP contribution in [0, 0.1) is 0 Å². The molecule has 136 valence electrons. The van der Waals surface area contributed by atoms with E-state index in [1.165, 1.54) is 19.2 Å². The van der Waals surface area contributed by atoms with Crippen molar-refractivity contribution in [2.24, 2.45) is 0 Å². The highest BCUT2D eigenvalue weighted by atomic mass is 32.2. The number of aromatic carboxylic acids is 1. The number of benzene rings is 1. The zero-order chi connectivity index (χ0) is 18.2. The van der Waals surface area contributed by atoms with E-state index in [1.807, 2.05) is 6.92 Å². The summed E-state index contributed by atoms with van der Waals surface area (Å²) in [6.45, 7) is 2.86. The maximum absolute atomic E-state index is 12.2. The van der Waals surface area contributed by atoms with Crippen LogP contribution in [0.4, 0.5) is 5.69 Å². The molecule has 1 atom stereocenters. The molecule has 0 amide bonds. The fraction of sp³-hybridized carbons (Fsp3) is 0.533. The summed E-state index contributed by atoms with van der Waals surface area (Å²) in [5.74, 6) is -1.21. The SMILES string of the molecule is COCCCNS(=O)(=O)c1ccc(N[C@@H](C)COC)c(C(=O)O)c1. The first kappa shape index (κ1) is 20.4. The van der Waals surface area contributed by atoms with Crippen molar-refractivity contribution in [2.75, 3.05) is 39.3 Å². The van der Waals surface area contributed by atoms with Crippen LogP contribution in [-0.2, 0) is 19.5 Å².